The Morgan fingerprint density at radius 2 is 1.58 bits per heavy atom. The van der Waals surface area contributed by atoms with Gasteiger partial charge in [-0.25, -0.2) is 4.79 Å². The van der Waals surface area contributed by atoms with Gasteiger partial charge in [0.1, 0.15) is 5.00 Å². The van der Waals surface area contributed by atoms with Crippen molar-refractivity contribution in [3.8, 4) is 0 Å². The van der Waals surface area contributed by atoms with Gasteiger partial charge in [-0.2, -0.15) is 0 Å². The largest absolute Gasteiger partial charge is 0.462 e. The first-order valence-corrected chi connectivity index (χ1v) is 13.5. The van der Waals surface area contributed by atoms with Gasteiger partial charge in [0.15, 0.2) is 6.17 Å². The van der Waals surface area contributed by atoms with Crippen molar-refractivity contribution in [2.45, 2.75) is 20.0 Å². The van der Waals surface area contributed by atoms with E-state index in [4.69, 9.17) is 4.74 Å². The fourth-order valence-corrected chi connectivity index (χ4v) is 5.41. The van der Waals surface area contributed by atoms with Crippen LogP contribution in [0.15, 0.2) is 78.2 Å². The summed E-state index contributed by atoms with van der Waals surface area (Å²) in [5.74, 6) is -1.91. The summed E-state index contributed by atoms with van der Waals surface area (Å²) in [5, 5.41) is 10.6. The van der Waals surface area contributed by atoms with Crippen LogP contribution in [-0.2, 0) is 4.74 Å². The average molecular weight is 548 g/mol. The van der Waals surface area contributed by atoms with Crippen LogP contribution in [0.1, 0.15) is 52.5 Å². The number of esters is 1. The maximum atomic E-state index is 13.5. The Kier molecular flexibility index (Phi) is 8.67. The summed E-state index contributed by atoms with van der Waals surface area (Å²) in [5.41, 5.74) is 1.49. The van der Waals surface area contributed by atoms with Gasteiger partial charge in [-0.1, -0.05) is 54.6 Å². The first kappa shape index (κ1) is 26.8. The average Bonchev–Trinajstić information content (AvgIpc) is 3.57. The second kappa shape index (κ2) is 12.3. The van der Waals surface area contributed by atoms with Crippen LogP contribution in [0.4, 0.5) is 10.7 Å². The van der Waals surface area contributed by atoms with Crippen molar-refractivity contribution >= 4 is 56.9 Å². The molecule has 0 aliphatic rings. The van der Waals surface area contributed by atoms with Crippen LogP contribution in [0, 0.1) is 6.92 Å². The predicted molar refractivity (Wildman–Crippen MR) is 149 cm³/mol. The summed E-state index contributed by atoms with van der Waals surface area (Å²) in [6, 6.07) is 20.8. The van der Waals surface area contributed by atoms with E-state index in [0.29, 0.717) is 21.7 Å². The molecule has 0 radical (unpaired) electrons. The molecular formula is C28H25N3O5S2. The first-order valence-electron chi connectivity index (χ1n) is 11.8. The minimum atomic E-state index is -1.22. The van der Waals surface area contributed by atoms with Crippen molar-refractivity contribution in [3.05, 3.63) is 105 Å². The lowest BCUT2D eigenvalue weighted by molar-refractivity contribution is 0.0526. The van der Waals surface area contributed by atoms with Crippen LogP contribution in [-0.4, -0.2) is 36.3 Å². The van der Waals surface area contributed by atoms with E-state index in [1.807, 2.05) is 6.07 Å². The number of para-hydroxylation sites is 1. The molecule has 0 spiro atoms. The maximum Gasteiger partial charge on any atom is 0.341 e. The van der Waals surface area contributed by atoms with Crippen LogP contribution < -0.4 is 16.0 Å². The summed E-state index contributed by atoms with van der Waals surface area (Å²) in [4.78, 5) is 53.2. The molecule has 2 amide bonds. The molecular weight excluding hydrogens is 522 g/mol. The highest BCUT2D eigenvalue weighted by molar-refractivity contribution is 7.18. The molecule has 3 N–H and O–H groups in total. The number of rotatable bonds is 10. The topological polar surface area (TPSA) is 114 Å². The van der Waals surface area contributed by atoms with E-state index in [9.17, 15) is 19.2 Å². The number of carbonyl (C=O) groups excluding carboxylic acids is 4. The molecule has 0 aliphatic heterocycles. The monoisotopic (exact) mass is 547 g/mol. The highest BCUT2D eigenvalue weighted by Gasteiger charge is 2.30. The van der Waals surface area contributed by atoms with Crippen molar-refractivity contribution in [1.82, 2.24) is 5.32 Å². The van der Waals surface area contributed by atoms with Crippen LogP contribution in [0.5, 0.6) is 0 Å². The molecule has 0 saturated heterocycles. The van der Waals surface area contributed by atoms with Crippen molar-refractivity contribution in [3.63, 3.8) is 0 Å². The van der Waals surface area contributed by atoms with E-state index in [-0.39, 0.29) is 22.0 Å². The van der Waals surface area contributed by atoms with Crippen molar-refractivity contribution < 1.29 is 23.9 Å². The fourth-order valence-electron chi connectivity index (χ4n) is 3.67. The zero-order chi connectivity index (χ0) is 27.1. The lowest BCUT2D eigenvalue weighted by Gasteiger charge is -2.20. The van der Waals surface area contributed by atoms with Gasteiger partial charge in [-0.05, 0) is 43.0 Å². The van der Waals surface area contributed by atoms with Gasteiger partial charge in [0.2, 0.25) is 5.78 Å². The number of Topliss-reactive ketones (excluding diaryl/α,β-unsaturated/α-hetero) is 1. The van der Waals surface area contributed by atoms with E-state index in [0.717, 1.165) is 11.3 Å². The first-order chi connectivity index (χ1) is 18.4. The summed E-state index contributed by atoms with van der Waals surface area (Å²) >= 11 is 2.25. The number of hydrogen-bond acceptors (Lipinski definition) is 8. The number of ether oxygens (including phenoxy) is 1. The molecule has 0 fully saturated rings. The molecule has 8 nitrogen and oxygen atoms in total. The second-order valence-corrected chi connectivity index (χ2v) is 10.0. The fraction of sp³-hybridized carbons (Fsp3) is 0.143. The Labute approximate surface area is 227 Å². The van der Waals surface area contributed by atoms with Crippen LogP contribution in [0.25, 0.3) is 0 Å². The predicted octanol–water partition coefficient (Wildman–Crippen LogP) is 5.60. The van der Waals surface area contributed by atoms with Crippen LogP contribution in [0.2, 0.25) is 0 Å². The lowest BCUT2D eigenvalue weighted by atomic mass is 10.1. The lowest BCUT2D eigenvalue weighted by Crippen LogP contribution is -2.46. The number of hydrogen-bond donors (Lipinski definition) is 3. The summed E-state index contributed by atoms with van der Waals surface area (Å²) < 4.78 is 5.25. The highest BCUT2D eigenvalue weighted by Crippen LogP contribution is 2.35. The van der Waals surface area contributed by atoms with Crippen LogP contribution >= 0.6 is 22.7 Å². The van der Waals surface area contributed by atoms with Crippen LogP contribution in [0.3, 0.4) is 0 Å². The Morgan fingerprint density at radius 1 is 0.895 bits per heavy atom. The third kappa shape index (κ3) is 6.16. The van der Waals surface area contributed by atoms with E-state index < -0.39 is 29.7 Å². The maximum absolute atomic E-state index is 13.5. The standard InChI is InChI=1S/C28H25N3O5S2/c1-3-36-28(35)21-17(2)23(26(34)29-19-13-8-5-9-14-19)38-27(21)31-24(22(32)18-11-6-4-7-12-18)30-25(33)20-15-10-16-37-20/h4-16,24,31H,3H2,1-2H3,(H,29,34)(H,30,33)/t24-/m0/s1. The van der Waals surface area contributed by atoms with Gasteiger partial charge >= 0.3 is 5.97 Å². The normalized spacial score (nSPS) is 11.3. The van der Waals surface area contributed by atoms with E-state index in [1.165, 1.54) is 11.3 Å². The summed E-state index contributed by atoms with van der Waals surface area (Å²) in [7, 11) is 0. The van der Waals surface area contributed by atoms with Gasteiger partial charge in [0, 0.05) is 11.3 Å². The molecule has 2 heterocycles. The van der Waals surface area contributed by atoms with Crippen molar-refractivity contribution in [1.29, 1.82) is 0 Å². The molecule has 4 aromatic rings. The summed E-state index contributed by atoms with van der Waals surface area (Å²) in [6.45, 7) is 3.45. The third-order valence-electron chi connectivity index (χ3n) is 5.48. The van der Waals surface area contributed by atoms with Gasteiger partial charge < -0.3 is 20.7 Å². The van der Waals surface area contributed by atoms with Crippen molar-refractivity contribution in [2.24, 2.45) is 0 Å². The molecule has 2 aromatic heterocycles. The molecule has 4 rings (SSSR count). The SMILES string of the molecule is CCOC(=O)c1c(N[C@H](NC(=O)c2cccs2)C(=O)c2ccccc2)sc(C(=O)Nc2ccccc2)c1C. The van der Waals surface area contributed by atoms with E-state index in [1.54, 1.807) is 86.0 Å². The number of anilines is 2. The second-order valence-electron chi connectivity index (χ2n) is 8.06. The molecule has 0 saturated carbocycles. The molecule has 194 valence electrons. The molecule has 0 bridgehead atoms. The quantitative estimate of drug-likeness (QED) is 0.135. The van der Waals surface area contributed by atoms with E-state index >= 15 is 0 Å². The zero-order valence-corrected chi connectivity index (χ0v) is 22.3. The smallest absolute Gasteiger partial charge is 0.341 e. The Balaban J connectivity index is 1.71. The van der Waals surface area contributed by atoms with Gasteiger partial charge in [-0.15, -0.1) is 22.7 Å². The minimum Gasteiger partial charge on any atom is -0.462 e. The Hall–Kier alpha value is -4.28. The number of nitrogens with one attached hydrogen (secondary N) is 3. The van der Waals surface area contributed by atoms with E-state index in [2.05, 4.69) is 16.0 Å². The van der Waals surface area contributed by atoms with Gasteiger partial charge in [0.25, 0.3) is 11.8 Å². The Morgan fingerprint density at radius 3 is 2.21 bits per heavy atom. The highest BCUT2D eigenvalue weighted by atomic mass is 32.1. The minimum absolute atomic E-state index is 0.126. The zero-order valence-electron chi connectivity index (χ0n) is 20.6. The molecule has 38 heavy (non-hydrogen) atoms. The molecule has 2 aromatic carbocycles. The molecule has 0 aliphatic carbocycles. The van der Waals surface area contributed by atoms with Gasteiger partial charge in [0.05, 0.1) is 21.9 Å². The number of benzene rings is 2. The molecule has 1 atom stereocenters. The molecule has 0 unspecified atom stereocenters. The number of amides is 2. The Bertz CT molecular complexity index is 1430. The number of thiophene rings is 2. The van der Waals surface area contributed by atoms with Gasteiger partial charge in [-0.3, -0.25) is 14.4 Å². The molecule has 10 heteroatoms. The number of ketones is 1. The van der Waals surface area contributed by atoms with Crippen molar-refractivity contribution in [2.75, 3.05) is 17.2 Å². The third-order valence-corrected chi connectivity index (χ3v) is 7.57. The number of carbonyl (C=O) groups is 4. The summed E-state index contributed by atoms with van der Waals surface area (Å²) in [6.07, 6.45) is -1.22.